The predicted octanol–water partition coefficient (Wildman–Crippen LogP) is 1.49. The Labute approximate surface area is 77.3 Å². The molecule has 3 heteroatoms. The van der Waals surface area contributed by atoms with Crippen molar-refractivity contribution in [1.29, 1.82) is 0 Å². The zero-order chi connectivity index (χ0) is 9.68. The minimum atomic E-state index is -0.203. The monoisotopic (exact) mass is 176 g/mol. The normalized spacial score (nSPS) is 11.0. The van der Waals surface area contributed by atoms with Crippen LogP contribution >= 0.6 is 0 Å². The lowest BCUT2D eigenvalue weighted by atomic mass is 10.3. The van der Waals surface area contributed by atoms with E-state index in [9.17, 15) is 4.79 Å². The van der Waals surface area contributed by atoms with Crippen LogP contribution in [0.1, 0.15) is 6.92 Å². The van der Waals surface area contributed by atoms with E-state index in [1.165, 1.54) is 6.08 Å². The highest BCUT2D eigenvalue weighted by Gasteiger charge is 1.96. The second-order valence-corrected chi connectivity index (χ2v) is 2.74. The lowest BCUT2D eigenvalue weighted by Crippen LogP contribution is -2.10. The molecule has 0 fully saturated rings. The van der Waals surface area contributed by atoms with Crippen LogP contribution in [0.25, 0.3) is 0 Å². The van der Waals surface area contributed by atoms with Crippen molar-refractivity contribution < 1.29 is 4.79 Å². The number of carbonyl (C=O) groups excluding carboxylic acids is 1. The molecular weight excluding hydrogens is 164 g/mol. The molecule has 3 nitrogen and oxygen atoms in total. The first-order valence-corrected chi connectivity index (χ1v) is 3.98. The third-order valence-electron chi connectivity index (χ3n) is 1.40. The van der Waals surface area contributed by atoms with Crippen molar-refractivity contribution in [3.05, 3.63) is 42.1 Å². The molecule has 0 spiro atoms. The topological polar surface area (TPSA) is 55.1 Å². The highest BCUT2D eigenvalue weighted by atomic mass is 16.1. The zero-order valence-electron chi connectivity index (χ0n) is 7.45. The number of nitrogens with one attached hydrogen (secondary N) is 1. The van der Waals surface area contributed by atoms with E-state index in [0.29, 0.717) is 5.70 Å². The standard InChI is InChI=1S/C10H12N2O/c1-8(11)7-10(13)12-9-5-3-2-4-6-9/h2-7H,11H2,1H3,(H,12,13)/b8-7-. The van der Waals surface area contributed by atoms with Gasteiger partial charge in [0.1, 0.15) is 0 Å². The minimum Gasteiger partial charge on any atom is -0.402 e. The molecular formula is C10H12N2O. The van der Waals surface area contributed by atoms with Crippen LogP contribution in [0, 0.1) is 0 Å². The van der Waals surface area contributed by atoms with Gasteiger partial charge in [-0.15, -0.1) is 0 Å². The molecule has 1 amide bonds. The average molecular weight is 176 g/mol. The van der Waals surface area contributed by atoms with E-state index in [1.54, 1.807) is 6.92 Å². The molecule has 0 bridgehead atoms. The number of benzene rings is 1. The molecule has 0 saturated carbocycles. The molecule has 0 radical (unpaired) electrons. The summed E-state index contributed by atoms with van der Waals surface area (Å²) >= 11 is 0. The Bertz CT molecular complexity index is 313. The number of nitrogens with two attached hydrogens (primary N) is 1. The van der Waals surface area contributed by atoms with Gasteiger partial charge in [-0.05, 0) is 19.1 Å². The zero-order valence-corrected chi connectivity index (χ0v) is 7.45. The molecule has 1 rings (SSSR count). The van der Waals surface area contributed by atoms with Gasteiger partial charge in [0.05, 0.1) is 0 Å². The molecule has 0 aliphatic heterocycles. The van der Waals surface area contributed by atoms with Gasteiger partial charge < -0.3 is 11.1 Å². The Morgan fingerprint density at radius 3 is 2.54 bits per heavy atom. The van der Waals surface area contributed by atoms with Gasteiger partial charge in [0.15, 0.2) is 0 Å². The molecule has 1 aromatic rings. The van der Waals surface area contributed by atoms with Crippen molar-refractivity contribution >= 4 is 11.6 Å². The largest absolute Gasteiger partial charge is 0.402 e. The van der Waals surface area contributed by atoms with Gasteiger partial charge in [-0.2, -0.15) is 0 Å². The lowest BCUT2D eigenvalue weighted by molar-refractivity contribution is -0.111. The second kappa shape index (κ2) is 4.30. The van der Waals surface area contributed by atoms with Crippen molar-refractivity contribution in [1.82, 2.24) is 0 Å². The number of para-hydroxylation sites is 1. The number of hydrogen-bond acceptors (Lipinski definition) is 2. The highest BCUT2D eigenvalue weighted by Crippen LogP contribution is 2.04. The smallest absolute Gasteiger partial charge is 0.250 e. The maximum atomic E-state index is 11.2. The number of amides is 1. The van der Waals surface area contributed by atoms with E-state index in [-0.39, 0.29) is 5.91 Å². The summed E-state index contributed by atoms with van der Waals surface area (Å²) in [6.45, 7) is 1.67. The predicted molar refractivity (Wildman–Crippen MR) is 53.0 cm³/mol. The van der Waals surface area contributed by atoms with E-state index in [2.05, 4.69) is 5.32 Å². The second-order valence-electron chi connectivity index (χ2n) is 2.74. The number of anilines is 1. The maximum Gasteiger partial charge on any atom is 0.250 e. The summed E-state index contributed by atoms with van der Waals surface area (Å²) in [5, 5.41) is 2.68. The number of rotatable bonds is 2. The fourth-order valence-electron chi connectivity index (χ4n) is 0.907. The highest BCUT2D eigenvalue weighted by molar-refractivity contribution is 5.99. The molecule has 0 aromatic heterocycles. The fraction of sp³-hybridized carbons (Fsp3) is 0.100. The van der Waals surface area contributed by atoms with Gasteiger partial charge in [0.25, 0.3) is 0 Å². The summed E-state index contributed by atoms with van der Waals surface area (Å²) in [7, 11) is 0. The van der Waals surface area contributed by atoms with E-state index in [0.717, 1.165) is 5.69 Å². The van der Waals surface area contributed by atoms with E-state index in [1.807, 2.05) is 30.3 Å². The molecule has 0 unspecified atom stereocenters. The first-order chi connectivity index (χ1) is 6.18. The van der Waals surface area contributed by atoms with Gasteiger partial charge in [-0.1, -0.05) is 18.2 Å². The van der Waals surface area contributed by atoms with Crippen LogP contribution in [0.5, 0.6) is 0 Å². The first kappa shape index (κ1) is 9.32. The molecule has 3 N–H and O–H groups in total. The summed E-state index contributed by atoms with van der Waals surface area (Å²) in [5.41, 5.74) is 6.61. The molecule has 0 heterocycles. The summed E-state index contributed by atoms with van der Waals surface area (Å²) in [6.07, 6.45) is 1.35. The fourth-order valence-corrected chi connectivity index (χ4v) is 0.907. The summed E-state index contributed by atoms with van der Waals surface area (Å²) in [6, 6.07) is 9.23. The Morgan fingerprint density at radius 2 is 2.00 bits per heavy atom. The van der Waals surface area contributed by atoms with E-state index < -0.39 is 0 Å². The Balaban J connectivity index is 2.61. The molecule has 1 aromatic carbocycles. The van der Waals surface area contributed by atoms with Crippen molar-refractivity contribution in [2.45, 2.75) is 6.92 Å². The third-order valence-corrected chi connectivity index (χ3v) is 1.40. The van der Waals surface area contributed by atoms with Crippen LogP contribution in [0.2, 0.25) is 0 Å². The molecule has 0 atom stereocenters. The summed E-state index contributed by atoms with van der Waals surface area (Å²) in [5.74, 6) is -0.203. The number of hydrogen-bond donors (Lipinski definition) is 2. The number of allylic oxidation sites excluding steroid dienone is 1. The van der Waals surface area contributed by atoms with Crippen molar-refractivity contribution in [2.24, 2.45) is 5.73 Å². The van der Waals surface area contributed by atoms with Gasteiger partial charge >= 0.3 is 0 Å². The third kappa shape index (κ3) is 3.42. The first-order valence-electron chi connectivity index (χ1n) is 3.98. The Morgan fingerprint density at radius 1 is 1.38 bits per heavy atom. The van der Waals surface area contributed by atoms with Gasteiger partial charge in [-0.25, -0.2) is 0 Å². The molecule has 0 aliphatic carbocycles. The van der Waals surface area contributed by atoms with Crippen molar-refractivity contribution in [3.8, 4) is 0 Å². The minimum absolute atomic E-state index is 0.203. The maximum absolute atomic E-state index is 11.2. The van der Waals surface area contributed by atoms with Crippen molar-refractivity contribution in [3.63, 3.8) is 0 Å². The van der Waals surface area contributed by atoms with Crippen LogP contribution in [0.15, 0.2) is 42.1 Å². The van der Waals surface area contributed by atoms with E-state index >= 15 is 0 Å². The van der Waals surface area contributed by atoms with Gasteiger partial charge in [-0.3, -0.25) is 4.79 Å². The Kier molecular flexibility index (Phi) is 3.09. The lowest BCUT2D eigenvalue weighted by Gasteiger charge is -2.00. The van der Waals surface area contributed by atoms with Crippen LogP contribution < -0.4 is 11.1 Å². The van der Waals surface area contributed by atoms with Crippen LogP contribution in [-0.4, -0.2) is 5.91 Å². The SMILES string of the molecule is C/C(N)=C/C(=O)Nc1ccccc1. The molecule has 0 aliphatic rings. The Hall–Kier alpha value is -1.77. The van der Waals surface area contributed by atoms with Crippen LogP contribution in [-0.2, 0) is 4.79 Å². The molecule has 13 heavy (non-hydrogen) atoms. The van der Waals surface area contributed by atoms with Gasteiger partial charge in [0.2, 0.25) is 5.91 Å². The quantitative estimate of drug-likeness (QED) is 0.671. The van der Waals surface area contributed by atoms with Crippen LogP contribution in [0.3, 0.4) is 0 Å². The average Bonchev–Trinajstić information content (AvgIpc) is 2.04. The summed E-state index contributed by atoms with van der Waals surface area (Å²) < 4.78 is 0. The van der Waals surface area contributed by atoms with Crippen LogP contribution in [0.4, 0.5) is 5.69 Å². The van der Waals surface area contributed by atoms with E-state index in [4.69, 9.17) is 5.73 Å². The van der Waals surface area contributed by atoms with Crippen molar-refractivity contribution in [2.75, 3.05) is 5.32 Å². The number of carbonyl (C=O) groups is 1. The summed E-state index contributed by atoms with van der Waals surface area (Å²) in [4.78, 5) is 11.2. The molecule has 68 valence electrons. The van der Waals surface area contributed by atoms with Gasteiger partial charge in [0, 0.05) is 17.5 Å². The molecule has 0 saturated heterocycles.